The topological polar surface area (TPSA) is 129 Å². The van der Waals surface area contributed by atoms with E-state index in [1.807, 2.05) is 6.07 Å². The van der Waals surface area contributed by atoms with E-state index < -0.39 is 27.9 Å². The Bertz CT molecular complexity index is 1170. The number of aromatic nitrogens is 1. The summed E-state index contributed by atoms with van der Waals surface area (Å²) in [5, 5.41) is 12.8. The second-order valence-corrected chi connectivity index (χ2v) is 10.4. The number of likely N-dealkylation sites (tertiary alicyclic amines) is 1. The maximum absolute atomic E-state index is 13.1. The molecule has 1 saturated heterocycles. The van der Waals surface area contributed by atoms with Crippen molar-refractivity contribution in [3.8, 4) is 0 Å². The van der Waals surface area contributed by atoms with Crippen molar-refractivity contribution < 1.29 is 27.5 Å². The molecule has 2 atom stereocenters. The van der Waals surface area contributed by atoms with Crippen LogP contribution in [0.1, 0.15) is 30.5 Å². The molecule has 1 amide bonds. The molecule has 182 valence electrons. The third-order valence-electron chi connectivity index (χ3n) is 6.16. The first-order valence-electron chi connectivity index (χ1n) is 11.2. The van der Waals surface area contributed by atoms with E-state index in [-0.39, 0.29) is 23.3 Å². The van der Waals surface area contributed by atoms with Gasteiger partial charge in [0.2, 0.25) is 15.9 Å². The molecule has 34 heavy (non-hydrogen) atoms. The highest BCUT2D eigenvalue weighted by molar-refractivity contribution is 7.89. The van der Waals surface area contributed by atoms with Crippen molar-refractivity contribution >= 4 is 27.7 Å². The molecule has 4 rings (SSSR count). The summed E-state index contributed by atoms with van der Waals surface area (Å²) in [6.45, 7) is 1.02. The van der Waals surface area contributed by atoms with E-state index in [1.54, 1.807) is 0 Å². The van der Waals surface area contributed by atoms with Gasteiger partial charge < -0.3 is 15.3 Å². The summed E-state index contributed by atoms with van der Waals surface area (Å²) in [6.07, 6.45) is 4.30. The molecule has 3 heterocycles. The molecule has 11 heteroatoms. The van der Waals surface area contributed by atoms with Crippen molar-refractivity contribution in [2.45, 2.75) is 43.0 Å². The van der Waals surface area contributed by atoms with Crippen molar-refractivity contribution in [1.82, 2.24) is 14.6 Å². The molecule has 0 saturated carbocycles. The highest BCUT2D eigenvalue weighted by Gasteiger charge is 2.39. The number of amides is 1. The highest BCUT2D eigenvalue weighted by atomic mass is 32.2. The number of β-lactam (4-membered cyclic amide) rings is 1. The van der Waals surface area contributed by atoms with Crippen LogP contribution in [0.5, 0.6) is 0 Å². The summed E-state index contributed by atoms with van der Waals surface area (Å²) in [6, 6.07) is 6.66. The second kappa shape index (κ2) is 10.1. The van der Waals surface area contributed by atoms with Crippen LogP contribution in [-0.2, 0) is 32.5 Å². The van der Waals surface area contributed by atoms with Crippen molar-refractivity contribution in [3.63, 3.8) is 0 Å². The Labute approximate surface area is 197 Å². The molecule has 2 aliphatic rings. The van der Waals surface area contributed by atoms with E-state index in [0.29, 0.717) is 13.0 Å². The fraction of sp³-hybridized carbons (Fsp3) is 0.435. The number of pyridine rings is 1. The summed E-state index contributed by atoms with van der Waals surface area (Å²) >= 11 is 0. The van der Waals surface area contributed by atoms with E-state index in [4.69, 9.17) is 0 Å². The summed E-state index contributed by atoms with van der Waals surface area (Å²) in [4.78, 5) is 29.9. The maximum atomic E-state index is 13.1. The normalized spacial score (nSPS) is 18.6. The van der Waals surface area contributed by atoms with Crippen LogP contribution in [0.2, 0.25) is 0 Å². The zero-order valence-electron chi connectivity index (χ0n) is 18.5. The summed E-state index contributed by atoms with van der Waals surface area (Å²) < 4.78 is 40.1. The number of carbonyl (C=O) groups is 2. The molecule has 2 aliphatic heterocycles. The fourth-order valence-electron chi connectivity index (χ4n) is 4.25. The Hall–Kier alpha value is -3.05. The molecular formula is C23H27FN4O5S. The fourth-order valence-corrected chi connectivity index (χ4v) is 5.43. The number of fused-ring (bicyclic) bond motifs is 1. The van der Waals surface area contributed by atoms with Crippen LogP contribution >= 0.6 is 0 Å². The number of halogens is 1. The minimum absolute atomic E-state index is 0.188. The Morgan fingerprint density at radius 2 is 2.03 bits per heavy atom. The number of carboxylic acids is 1. The van der Waals surface area contributed by atoms with Gasteiger partial charge in [-0.1, -0.05) is 6.07 Å². The molecule has 1 aromatic heterocycles. The first kappa shape index (κ1) is 24.1. The van der Waals surface area contributed by atoms with Gasteiger partial charge in [0.05, 0.1) is 10.8 Å². The number of nitrogens with one attached hydrogen (secondary N) is 2. The Morgan fingerprint density at radius 3 is 2.74 bits per heavy atom. The minimum atomic E-state index is -4.18. The van der Waals surface area contributed by atoms with E-state index in [0.717, 1.165) is 68.0 Å². The Morgan fingerprint density at radius 1 is 1.26 bits per heavy atom. The average Bonchev–Trinajstić information content (AvgIpc) is 2.82. The highest BCUT2D eigenvalue weighted by Crippen LogP contribution is 2.25. The van der Waals surface area contributed by atoms with E-state index in [1.165, 1.54) is 10.5 Å². The van der Waals surface area contributed by atoms with Crippen LogP contribution in [0.3, 0.4) is 0 Å². The predicted octanol–water partition coefficient (Wildman–Crippen LogP) is 1.79. The summed E-state index contributed by atoms with van der Waals surface area (Å²) in [7, 11) is -4.18. The standard InChI is InChI=1S/C23H27FN4O5S/c24-17-7-10-19(11-8-17)34(32,33)27-20(23(30)31)14-28-13-16(22(28)29)3-1-5-18-9-6-15-4-2-12-25-21(15)26-18/h6-11,16,20,27H,1-5,12-14H2,(H,25,26)(H,30,31)/t16-,20?/m0/s1. The smallest absolute Gasteiger partial charge is 0.323 e. The molecule has 0 aliphatic carbocycles. The number of nitrogens with zero attached hydrogens (tertiary/aromatic N) is 2. The maximum Gasteiger partial charge on any atom is 0.323 e. The van der Waals surface area contributed by atoms with Crippen molar-refractivity contribution in [3.05, 3.63) is 53.5 Å². The number of carboxylic acid groups (broad SMARTS) is 1. The number of hydrogen-bond donors (Lipinski definition) is 3. The molecular weight excluding hydrogens is 463 g/mol. The lowest BCUT2D eigenvalue weighted by molar-refractivity contribution is -0.150. The lowest BCUT2D eigenvalue weighted by atomic mass is 9.91. The minimum Gasteiger partial charge on any atom is -0.480 e. The van der Waals surface area contributed by atoms with Gasteiger partial charge in [-0.3, -0.25) is 9.59 Å². The van der Waals surface area contributed by atoms with Gasteiger partial charge in [0.15, 0.2) is 0 Å². The van der Waals surface area contributed by atoms with Crippen molar-refractivity contribution in [2.24, 2.45) is 5.92 Å². The first-order valence-corrected chi connectivity index (χ1v) is 12.7. The number of anilines is 1. The zero-order valence-corrected chi connectivity index (χ0v) is 19.4. The molecule has 0 radical (unpaired) electrons. The largest absolute Gasteiger partial charge is 0.480 e. The third-order valence-corrected chi connectivity index (χ3v) is 7.65. The number of sulfonamides is 1. The first-order chi connectivity index (χ1) is 16.2. The van der Waals surface area contributed by atoms with Crippen LogP contribution in [0, 0.1) is 11.7 Å². The van der Waals surface area contributed by atoms with E-state index >= 15 is 0 Å². The zero-order chi connectivity index (χ0) is 24.3. The van der Waals surface area contributed by atoms with Crippen molar-refractivity contribution in [1.29, 1.82) is 0 Å². The number of aliphatic carboxylic acids is 1. The molecule has 2 aromatic rings. The molecule has 1 fully saturated rings. The number of aryl methyl sites for hydroxylation is 2. The molecule has 3 N–H and O–H groups in total. The van der Waals surface area contributed by atoms with Crippen LogP contribution in [0.4, 0.5) is 10.2 Å². The van der Waals surface area contributed by atoms with Crippen LogP contribution in [0.25, 0.3) is 0 Å². The predicted molar refractivity (Wildman–Crippen MR) is 122 cm³/mol. The van der Waals surface area contributed by atoms with E-state index in [9.17, 15) is 27.5 Å². The number of hydrogen-bond acceptors (Lipinski definition) is 6. The van der Waals surface area contributed by atoms with E-state index in [2.05, 4.69) is 21.1 Å². The molecule has 9 nitrogen and oxygen atoms in total. The van der Waals surface area contributed by atoms with Gasteiger partial charge in [-0.15, -0.1) is 0 Å². The summed E-state index contributed by atoms with van der Waals surface area (Å²) in [5.74, 6) is -1.46. The SMILES string of the molecule is O=C(O)C(CN1C[C@H](CCCc2ccc3c(n2)NCCC3)C1=O)NS(=O)(=O)c1ccc(F)cc1. The molecule has 0 bridgehead atoms. The lowest BCUT2D eigenvalue weighted by Gasteiger charge is -2.40. The van der Waals surface area contributed by atoms with Gasteiger partial charge in [0.25, 0.3) is 0 Å². The summed E-state index contributed by atoms with van der Waals surface area (Å²) in [5.41, 5.74) is 2.20. The Kier molecular flexibility index (Phi) is 7.13. The number of benzene rings is 1. The van der Waals surface area contributed by atoms with Gasteiger partial charge in [0, 0.05) is 25.3 Å². The van der Waals surface area contributed by atoms with Crippen molar-refractivity contribution in [2.75, 3.05) is 25.0 Å². The third kappa shape index (κ3) is 5.53. The number of rotatable bonds is 10. The lowest BCUT2D eigenvalue weighted by Crippen LogP contribution is -2.58. The van der Waals surface area contributed by atoms with Crippen LogP contribution in [-0.4, -0.2) is 61.0 Å². The quantitative estimate of drug-likeness (QED) is 0.433. The van der Waals surface area contributed by atoms with Gasteiger partial charge in [-0.05, 0) is 68.0 Å². The monoisotopic (exact) mass is 490 g/mol. The second-order valence-electron chi connectivity index (χ2n) is 8.64. The van der Waals surface area contributed by atoms with Crippen LogP contribution in [0.15, 0.2) is 41.3 Å². The van der Waals surface area contributed by atoms with Crippen LogP contribution < -0.4 is 10.0 Å². The van der Waals surface area contributed by atoms with Gasteiger partial charge in [-0.2, -0.15) is 4.72 Å². The molecule has 0 spiro atoms. The van der Waals surface area contributed by atoms with Gasteiger partial charge in [-0.25, -0.2) is 17.8 Å². The Balaban J connectivity index is 1.26. The van der Waals surface area contributed by atoms with Gasteiger partial charge >= 0.3 is 5.97 Å². The number of carbonyl (C=O) groups excluding carboxylic acids is 1. The van der Waals surface area contributed by atoms with Gasteiger partial charge in [0.1, 0.15) is 17.7 Å². The molecule has 1 aromatic carbocycles. The molecule has 1 unspecified atom stereocenters. The average molecular weight is 491 g/mol.